The van der Waals surface area contributed by atoms with Crippen molar-refractivity contribution in [3.8, 4) is 0 Å². The summed E-state index contributed by atoms with van der Waals surface area (Å²) in [6.07, 6.45) is 3.00. The van der Waals surface area contributed by atoms with Crippen molar-refractivity contribution in [3.05, 3.63) is 59.3 Å². The van der Waals surface area contributed by atoms with E-state index in [2.05, 4.69) is 64.4 Å². The first-order chi connectivity index (χ1) is 11.8. The van der Waals surface area contributed by atoms with Gasteiger partial charge in [-0.25, -0.2) is 4.98 Å². The van der Waals surface area contributed by atoms with Gasteiger partial charge in [0.15, 0.2) is 0 Å². The Kier molecular flexibility index (Phi) is 5.83. The molecule has 4 nitrogen and oxygen atoms in total. The minimum Gasteiger partial charge on any atom is -0.354 e. The van der Waals surface area contributed by atoms with Gasteiger partial charge in [0.25, 0.3) is 0 Å². The first-order valence-corrected chi connectivity index (χ1v) is 8.92. The predicted molar refractivity (Wildman–Crippen MR) is 100 cm³/mol. The Morgan fingerprint density at radius 1 is 0.958 bits per heavy atom. The Balaban J connectivity index is 1.58. The Labute approximate surface area is 145 Å². The summed E-state index contributed by atoms with van der Waals surface area (Å²) in [5, 5.41) is 3.57. The average molecular weight is 324 g/mol. The van der Waals surface area contributed by atoms with Crippen LogP contribution in [0.1, 0.15) is 23.6 Å². The third kappa shape index (κ3) is 4.34. The van der Waals surface area contributed by atoms with Gasteiger partial charge in [0.1, 0.15) is 5.82 Å². The molecule has 1 aliphatic heterocycles. The number of aromatic nitrogens is 1. The van der Waals surface area contributed by atoms with Crippen LogP contribution in [-0.2, 0) is 19.5 Å². The Bertz CT molecular complexity index is 630. The van der Waals surface area contributed by atoms with Crippen molar-refractivity contribution in [2.75, 3.05) is 38.1 Å². The van der Waals surface area contributed by atoms with E-state index >= 15 is 0 Å². The van der Waals surface area contributed by atoms with Crippen LogP contribution in [0.25, 0.3) is 0 Å². The number of hydrogen-bond acceptors (Lipinski definition) is 4. The molecule has 1 fully saturated rings. The van der Waals surface area contributed by atoms with E-state index in [1.807, 2.05) is 12.3 Å². The quantitative estimate of drug-likeness (QED) is 0.885. The lowest BCUT2D eigenvalue weighted by molar-refractivity contribution is 0.311. The molecule has 1 aromatic carbocycles. The number of benzene rings is 1. The van der Waals surface area contributed by atoms with Crippen LogP contribution in [0.4, 0.5) is 5.82 Å². The summed E-state index contributed by atoms with van der Waals surface area (Å²) in [6, 6.07) is 13.1. The van der Waals surface area contributed by atoms with Crippen LogP contribution in [0.15, 0.2) is 42.6 Å². The van der Waals surface area contributed by atoms with Crippen molar-refractivity contribution in [1.82, 2.24) is 15.2 Å². The molecule has 1 aliphatic rings. The highest BCUT2D eigenvalue weighted by Crippen LogP contribution is 2.18. The molecule has 1 saturated heterocycles. The van der Waals surface area contributed by atoms with Gasteiger partial charge >= 0.3 is 0 Å². The smallest absolute Gasteiger partial charge is 0.133 e. The fraction of sp³-hybridized carbons (Fsp3) is 0.450. The molecule has 0 radical (unpaired) electrons. The lowest BCUT2D eigenvalue weighted by Gasteiger charge is -2.34. The summed E-state index contributed by atoms with van der Waals surface area (Å²) in [4.78, 5) is 9.43. The lowest BCUT2D eigenvalue weighted by atomic mass is 10.1. The summed E-state index contributed by atoms with van der Waals surface area (Å²) in [5.41, 5.74) is 4.01. The number of rotatable bonds is 6. The van der Waals surface area contributed by atoms with Crippen molar-refractivity contribution in [2.24, 2.45) is 0 Å². The summed E-state index contributed by atoms with van der Waals surface area (Å²) in [5.74, 6) is 1.14. The monoisotopic (exact) mass is 324 g/mol. The van der Waals surface area contributed by atoms with Gasteiger partial charge in [-0.3, -0.25) is 0 Å². The molecule has 4 heteroatoms. The molecule has 0 bridgehead atoms. The zero-order valence-electron chi connectivity index (χ0n) is 14.8. The summed E-state index contributed by atoms with van der Waals surface area (Å²) in [7, 11) is 2.18. The van der Waals surface area contributed by atoms with Gasteiger partial charge in [0.2, 0.25) is 0 Å². The van der Waals surface area contributed by atoms with E-state index in [-0.39, 0.29) is 0 Å². The molecular formula is C20H28N4. The van der Waals surface area contributed by atoms with Crippen LogP contribution in [0.2, 0.25) is 0 Å². The van der Waals surface area contributed by atoms with Crippen LogP contribution in [0, 0.1) is 0 Å². The first-order valence-electron chi connectivity index (χ1n) is 8.92. The SMILES string of the molecule is CCc1ccc(CNCc2cccnc2N2CCN(C)CC2)cc1. The zero-order chi connectivity index (χ0) is 16.8. The van der Waals surface area contributed by atoms with E-state index in [0.29, 0.717) is 0 Å². The van der Waals surface area contributed by atoms with Crippen molar-refractivity contribution >= 4 is 5.82 Å². The highest BCUT2D eigenvalue weighted by Gasteiger charge is 2.17. The summed E-state index contributed by atoms with van der Waals surface area (Å²) >= 11 is 0. The van der Waals surface area contributed by atoms with Crippen LogP contribution in [0.3, 0.4) is 0 Å². The fourth-order valence-electron chi connectivity index (χ4n) is 3.11. The highest BCUT2D eigenvalue weighted by atomic mass is 15.3. The Hall–Kier alpha value is -1.91. The van der Waals surface area contributed by atoms with E-state index in [9.17, 15) is 0 Å². The maximum Gasteiger partial charge on any atom is 0.133 e. The van der Waals surface area contributed by atoms with E-state index in [4.69, 9.17) is 0 Å². The molecule has 1 N–H and O–H groups in total. The van der Waals surface area contributed by atoms with Crippen molar-refractivity contribution < 1.29 is 0 Å². The number of nitrogens with zero attached hydrogens (tertiary/aromatic N) is 3. The number of hydrogen-bond donors (Lipinski definition) is 1. The Morgan fingerprint density at radius 3 is 2.38 bits per heavy atom. The maximum absolute atomic E-state index is 4.64. The molecule has 0 aliphatic carbocycles. The number of piperazine rings is 1. The predicted octanol–water partition coefficient (Wildman–Crippen LogP) is 2.69. The zero-order valence-corrected chi connectivity index (χ0v) is 14.8. The number of pyridine rings is 1. The van der Waals surface area contributed by atoms with E-state index in [0.717, 1.165) is 51.5 Å². The van der Waals surface area contributed by atoms with Crippen LogP contribution in [0.5, 0.6) is 0 Å². The van der Waals surface area contributed by atoms with Crippen molar-refractivity contribution in [1.29, 1.82) is 0 Å². The molecule has 2 aromatic rings. The molecule has 1 aromatic heterocycles. The van der Waals surface area contributed by atoms with Gasteiger partial charge in [-0.2, -0.15) is 0 Å². The molecule has 24 heavy (non-hydrogen) atoms. The second-order valence-corrected chi connectivity index (χ2v) is 6.55. The van der Waals surface area contributed by atoms with Crippen LogP contribution < -0.4 is 10.2 Å². The summed E-state index contributed by atoms with van der Waals surface area (Å²) < 4.78 is 0. The largest absolute Gasteiger partial charge is 0.354 e. The number of aryl methyl sites for hydroxylation is 1. The highest BCUT2D eigenvalue weighted by molar-refractivity contribution is 5.47. The average Bonchev–Trinajstić information content (AvgIpc) is 2.63. The van der Waals surface area contributed by atoms with E-state index < -0.39 is 0 Å². The summed E-state index contributed by atoms with van der Waals surface area (Å²) in [6.45, 7) is 8.25. The van der Waals surface area contributed by atoms with E-state index in [1.165, 1.54) is 16.7 Å². The second kappa shape index (κ2) is 8.27. The molecule has 0 spiro atoms. The van der Waals surface area contributed by atoms with Crippen molar-refractivity contribution in [2.45, 2.75) is 26.4 Å². The van der Waals surface area contributed by atoms with Gasteiger partial charge in [0, 0.05) is 51.0 Å². The fourth-order valence-corrected chi connectivity index (χ4v) is 3.11. The van der Waals surface area contributed by atoms with Crippen molar-refractivity contribution in [3.63, 3.8) is 0 Å². The lowest BCUT2D eigenvalue weighted by Crippen LogP contribution is -2.45. The van der Waals surface area contributed by atoms with Crippen LogP contribution in [-0.4, -0.2) is 43.1 Å². The molecule has 2 heterocycles. The minimum atomic E-state index is 0.852. The molecule has 0 atom stereocenters. The topological polar surface area (TPSA) is 31.4 Å². The van der Waals surface area contributed by atoms with Gasteiger partial charge in [-0.1, -0.05) is 37.3 Å². The molecule has 128 valence electrons. The Morgan fingerprint density at radius 2 is 1.67 bits per heavy atom. The molecule has 0 saturated carbocycles. The maximum atomic E-state index is 4.64. The third-order valence-electron chi connectivity index (χ3n) is 4.75. The molecule has 0 amide bonds. The molecular weight excluding hydrogens is 296 g/mol. The third-order valence-corrected chi connectivity index (χ3v) is 4.75. The molecule has 0 unspecified atom stereocenters. The second-order valence-electron chi connectivity index (χ2n) is 6.55. The first kappa shape index (κ1) is 16.9. The van der Waals surface area contributed by atoms with Gasteiger partial charge in [-0.05, 0) is 30.7 Å². The standard InChI is InChI=1S/C20H28N4/c1-3-17-6-8-18(9-7-17)15-21-16-19-5-4-10-22-20(19)24-13-11-23(2)12-14-24/h4-10,21H,3,11-16H2,1-2H3. The van der Waals surface area contributed by atoms with Gasteiger partial charge in [0.05, 0.1) is 0 Å². The number of nitrogens with one attached hydrogen (secondary N) is 1. The van der Waals surface area contributed by atoms with Gasteiger partial charge < -0.3 is 15.1 Å². The minimum absolute atomic E-state index is 0.852. The number of likely N-dealkylation sites (N-methyl/N-ethyl adjacent to an activating group) is 1. The van der Waals surface area contributed by atoms with Gasteiger partial charge in [-0.15, -0.1) is 0 Å². The molecule has 3 rings (SSSR count). The normalized spacial score (nSPS) is 15.7. The number of anilines is 1. The van der Waals surface area contributed by atoms with E-state index in [1.54, 1.807) is 0 Å². The van der Waals surface area contributed by atoms with Crippen LogP contribution >= 0.6 is 0 Å².